The molecule has 1 atom stereocenters. The van der Waals surface area contributed by atoms with Crippen molar-refractivity contribution in [2.24, 2.45) is 0 Å². The number of likely N-dealkylation sites (N-methyl/N-ethyl adjacent to an activating group) is 1. The zero-order valence-electron chi connectivity index (χ0n) is 17.6. The van der Waals surface area contributed by atoms with E-state index in [-0.39, 0.29) is 11.5 Å². The van der Waals surface area contributed by atoms with Gasteiger partial charge < -0.3 is 23.7 Å². The fourth-order valence-corrected chi connectivity index (χ4v) is 4.05. The van der Waals surface area contributed by atoms with Crippen LogP contribution in [0.25, 0.3) is 11.3 Å². The maximum absolute atomic E-state index is 12.6. The zero-order chi connectivity index (χ0) is 20.4. The van der Waals surface area contributed by atoms with Crippen LogP contribution in [0.15, 0.2) is 29.1 Å². The molecule has 0 spiro atoms. The lowest BCUT2D eigenvalue weighted by Gasteiger charge is -2.27. The first-order valence-electron chi connectivity index (χ1n) is 10.4. The minimum Gasteiger partial charge on any atom is -0.492 e. The summed E-state index contributed by atoms with van der Waals surface area (Å²) in [7, 11) is 4.07. The molecule has 6 heteroatoms. The Hall–Kier alpha value is -2.31. The topological polar surface area (TPSA) is 52.9 Å². The Balaban J connectivity index is 1.60. The highest BCUT2D eigenvalue weighted by atomic mass is 16.5. The molecule has 2 aromatic rings. The van der Waals surface area contributed by atoms with Crippen LogP contribution in [0.5, 0.6) is 11.6 Å². The van der Waals surface area contributed by atoms with E-state index >= 15 is 0 Å². The van der Waals surface area contributed by atoms with E-state index in [2.05, 4.69) is 21.6 Å². The smallest absolute Gasteiger partial charge is 0.197 e. The summed E-state index contributed by atoms with van der Waals surface area (Å²) in [5.74, 6) is 1.52. The molecule has 2 aliphatic rings. The Morgan fingerprint density at radius 3 is 2.86 bits per heavy atom. The van der Waals surface area contributed by atoms with Crippen molar-refractivity contribution in [1.82, 2.24) is 9.47 Å². The fraction of sp³-hybridized carbons (Fsp3) is 0.522. The molecular weight excluding hydrogens is 368 g/mol. The van der Waals surface area contributed by atoms with Crippen molar-refractivity contribution < 1.29 is 14.2 Å². The third-order valence-electron chi connectivity index (χ3n) is 5.70. The summed E-state index contributed by atoms with van der Waals surface area (Å²) >= 11 is 0. The summed E-state index contributed by atoms with van der Waals surface area (Å²) in [6, 6.07) is 7.80. The van der Waals surface area contributed by atoms with Crippen molar-refractivity contribution in [2.45, 2.75) is 38.8 Å². The van der Waals surface area contributed by atoms with Gasteiger partial charge >= 0.3 is 0 Å². The van der Waals surface area contributed by atoms with E-state index in [4.69, 9.17) is 14.2 Å². The van der Waals surface area contributed by atoms with Gasteiger partial charge in [0.15, 0.2) is 11.3 Å². The number of hydrogen-bond acceptors (Lipinski definition) is 5. The normalized spacial score (nSPS) is 17.9. The molecule has 0 radical (unpaired) electrons. The summed E-state index contributed by atoms with van der Waals surface area (Å²) in [5, 5.41) is 0. The number of ether oxygens (including phenoxy) is 3. The van der Waals surface area contributed by atoms with Gasteiger partial charge in [0.05, 0.1) is 11.8 Å². The molecule has 156 valence electrons. The Morgan fingerprint density at radius 1 is 1.24 bits per heavy atom. The minimum atomic E-state index is 0.0118. The van der Waals surface area contributed by atoms with Gasteiger partial charge in [-0.25, -0.2) is 0 Å². The van der Waals surface area contributed by atoms with Crippen molar-refractivity contribution in [3.8, 4) is 22.9 Å². The number of hydrogen-bond donors (Lipinski definition) is 0. The molecule has 0 bridgehead atoms. The van der Waals surface area contributed by atoms with Gasteiger partial charge in [-0.15, -0.1) is 0 Å². The molecule has 0 amide bonds. The molecule has 3 heterocycles. The van der Waals surface area contributed by atoms with E-state index in [0.717, 1.165) is 61.5 Å². The van der Waals surface area contributed by atoms with Crippen LogP contribution in [0.4, 0.5) is 0 Å². The van der Waals surface area contributed by atoms with Crippen molar-refractivity contribution in [3.63, 3.8) is 0 Å². The van der Waals surface area contributed by atoms with E-state index < -0.39 is 0 Å². The highest BCUT2D eigenvalue weighted by Crippen LogP contribution is 2.35. The molecule has 6 nitrogen and oxygen atoms in total. The van der Waals surface area contributed by atoms with Crippen molar-refractivity contribution in [3.05, 3.63) is 45.6 Å². The number of rotatable bonds is 7. The molecule has 2 aliphatic heterocycles. The molecule has 4 rings (SSSR count). The largest absolute Gasteiger partial charge is 0.492 e. The van der Waals surface area contributed by atoms with E-state index in [1.54, 1.807) is 6.07 Å². The van der Waals surface area contributed by atoms with Crippen LogP contribution in [0, 0.1) is 6.92 Å². The van der Waals surface area contributed by atoms with Gasteiger partial charge in [-0.2, -0.15) is 0 Å². The Bertz CT molecular complexity index is 929. The summed E-state index contributed by atoms with van der Waals surface area (Å²) in [6.07, 6.45) is 3.10. The van der Waals surface area contributed by atoms with Crippen LogP contribution in [0.3, 0.4) is 0 Å². The van der Waals surface area contributed by atoms with Gasteiger partial charge in [-0.1, -0.05) is 0 Å². The van der Waals surface area contributed by atoms with Crippen LogP contribution < -0.4 is 14.9 Å². The summed E-state index contributed by atoms with van der Waals surface area (Å²) in [6.45, 7) is 5.50. The predicted octanol–water partition coefficient (Wildman–Crippen LogP) is 2.88. The molecule has 1 aromatic carbocycles. The van der Waals surface area contributed by atoms with E-state index in [1.165, 1.54) is 5.56 Å². The zero-order valence-corrected chi connectivity index (χ0v) is 17.6. The Labute approximate surface area is 172 Å². The maximum atomic E-state index is 12.6. The van der Waals surface area contributed by atoms with Gasteiger partial charge in [-0.3, -0.25) is 4.79 Å². The number of aryl methyl sites for hydroxylation is 1. The molecule has 29 heavy (non-hydrogen) atoms. The molecule has 1 fully saturated rings. The number of fused-ring (bicyclic) bond motifs is 3. The second-order valence-corrected chi connectivity index (χ2v) is 8.14. The van der Waals surface area contributed by atoms with Crippen LogP contribution in [0.2, 0.25) is 0 Å². The highest BCUT2D eigenvalue weighted by Gasteiger charge is 2.24. The lowest BCUT2D eigenvalue weighted by atomic mass is 9.94. The summed E-state index contributed by atoms with van der Waals surface area (Å²) in [5.41, 5.74) is 4.04. The quantitative estimate of drug-likeness (QED) is 0.718. The average Bonchev–Trinajstić information content (AvgIpc) is 3.22. The van der Waals surface area contributed by atoms with Gasteiger partial charge in [-0.05, 0) is 64.0 Å². The number of benzene rings is 1. The van der Waals surface area contributed by atoms with Crippen LogP contribution in [-0.2, 0) is 17.7 Å². The molecular formula is C23H30N2O4. The van der Waals surface area contributed by atoms with Crippen LogP contribution in [0.1, 0.15) is 24.0 Å². The molecule has 1 saturated heterocycles. The lowest BCUT2D eigenvalue weighted by Crippen LogP contribution is -2.24. The van der Waals surface area contributed by atoms with Crippen LogP contribution in [-0.4, -0.2) is 56.0 Å². The minimum absolute atomic E-state index is 0.0118. The first-order valence-corrected chi connectivity index (χ1v) is 10.4. The Morgan fingerprint density at radius 2 is 2.10 bits per heavy atom. The third kappa shape index (κ3) is 4.33. The second kappa shape index (κ2) is 8.59. The Kier molecular flexibility index (Phi) is 5.92. The average molecular weight is 399 g/mol. The molecule has 0 N–H and O–H groups in total. The van der Waals surface area contributed by atoms with Gasteiger partial charge in [0.25, 0.3) is 0 Å². The maximum Gasteiger partial charge on any atom is 0.197 e. The summed E-state index contributed by atoms with van der Waals surface area (Å²) < 4.78 is 19.7. The SMILES string of the molecule is Cc1c2n(c(OCC3CCCO3)cc1=O)CCc1cc(OCCN(C)C)ccc1-2. The standard InChI is InChI=1S/C23H30N2O4/c1-16-21(26)14-22(29-15-19-5-4-11-27-19)25-9-8-17-13-18(28-12-10-24(2)3)6-7-20(17)23(16)25/h6-7,13-14,19H,4-5,8-12,15H2,1-3H3. The number of aromatic nitrogens is 1. The second-order valence-electron chi connectivity index (χ2n) is 8.14. The van der Waals surface area contributed by atoms with Gasteiger partial charge in [0.1, 0.15) is 19.0 Å². The van der Waals surface area contributed by atoms with Gasteiger partial charge in [0, 0.05) is 36.9 Å². The first-order chi connectivity index (χ1) is 14.0. The molecule has 1 aromatic heterocycles. The van der Waals surface area contributed by atoms with Crippen LogP contribution >= 0.6 is 0 Å². The highest BCUT2D eigenvalue weighted by molar-refractivity contribution is 5.70. The monoisotopic (exact) mass is 398 g/mol. The van der Waals surface area contributed by atoms with E-state index in [0.29, 0.717) is 19.1 Å². The molecule has 0 saturated carbocycles. The molecule has 0 aliphatic carbocycles. The third-order valence-corrected chi connectivity index (χ3v) is 5.70. The van der Waals surface area contributed by atoms with Crippen molar-refractivity contribution in [1.29, 1.82) is 0 Å². The van der Waals surface area contributed by atoms with E-state index in [9.17, 15) is 4.79 Å². The lowest BCUT2D eigenvalue weighted by molar-refractivity contribution is 0.0646. The molecule has 1 unspecified atom stereocenters. The van der Waals surface area contributed by atoms with E-state index in [1.807, 2.05) is 27.1 Å². The fourth-order valence-electron chi connectivity index (χ4n) is 4.05. The number of pyridine rings is 1. The first kappa shape index (κ1) is 20.0. The van der Waals surface area contributed by atoms with Crippen molar-refractivity contribution in [2.75, 3.05) is 40.5 Å². The van der Waals surface area contributed by atoms with Crippen molar-refractivity contribution >= 4 is 0 Å². The van der Waals surface area contributed by atoms with Gasteiger partial charge in [0.2, 0.25) is 0 Å². The predicted molar refractivity (Wildman–Crippen MR) is 113 cm³/mol. The summed E-state index contributed by atoms with van der Waals surface area (Å²) in [4.78, 5) is 14.7. The number of nitrogens with zero attached hydrogens (tertiary/aromatic N) is 2.